The van der Waals surface area contributed by atoms with Crippen molar-refractivity contribution < 1.29 is 12.8 Å². The zero-order valence-corrected chi connectivity index (χ0v) is 18.1. The lowest BCUT2D eigenvalue weighted by atomic mass is 10.2. The van der Waals surface area contributed by atoms with Gasteiger partial charge in [-0.25, -0.2) is 12.8 Å². The van der Waals surface area contributed by atoms with Gasteiger partial charge in [0.2, 0.25) is 5.82 Å². The first-order valence-corrected chi connectivity index (χ1v) is 11.4. The topological polar surface area (TPSA) is 89.8 Å². The summed E-state index contributed by atoms with van der Waals surface area (Å²) in [6.07, 6.45) is 1.32. The summed E-state index contributed by atoms with van der Waals surface area (Å²) in [4.78, 5) is 1.43. The number of hydrogen-bond donors (Lipinski definition) is 1. The van der Waals surface area contributed by atoms with E-state index in [0.29, 0.717) is 34.2 Å². The Hall–Kier alpha value is -3.56. The highest BCUT2D eigenvalue weighted by Gasteiger charge is 2.10. The van der Waals surface area contributed by atoms with Crippen LogP contribution in [0.3, 0.4) is 0 Å². The van der Waals surface area contributed by atoms with Gasteiger partial charge in [-0.1, -0.05) is 48.0 Å². The van der Waals surface area contributed by atoms with E-state index in [0.717, 1.165) is 11.0 Å². The van der Waals surface area contributed by atoms with Gasteiger partial charge >= 0.3 is 0 Å². The van der Waals surface area contributed by atoms with Gasteiger partial charge in [-0.3, -0.25) is 4.72 Å². The molecule has 0 aliphatic rings. The molecule has 0 saturated heterocycles. The summed E-state index contributed by atoms with van der Waals surface area (Å²) in [5.41, 5.74) is 2.28. The summed E-state index contributed by atoms with van der Waals surface area (Å²) in [5.74, 6) is -0.0931. The van der Waals surface area contributed by atoms with Gasteiger partial charge in [0.25, 0.3) is 10.0 Å². The fourth-order valence-electron chi connectivity index (χ4n) is 2.92. The van der Waals surface area contributed by atoms with Crippen molar-refractivity contribution in [3.8, 4) is 11.4 Å². The van der Waals surface area contributed by atoms with Gasteiger partial charge in [-0.05, 0) is 58.8 Å². The maximum absolute atomic E-state index is 13.3. The van der Waals surface area contributed by atoms with Crippen molar-refractivity contribution in [1.29, 1.82) is 0 Å². The highest BCUT2D eigenvalue weighted by atomic mass is 35.5. The maximum Gasteiger partial charge on any atom is 0.255 e. The second-order valence-electron chi connectivity index (χ2n) is 6.86. The SMILES string of the molecule is O=S(=O)(/C=C/c1cccc(F)c1)Nc1cccc(-c2nnn(Cc3cccc(Cl)c3)n2)c1. The molecule has 0 aliphatic carbocycles. The maximum atomic E-state index is 13.3. The van der Waals surface area contributed by atoms with Gasteiger partial charge in [0.1, 0.15) is 5.82 Å². The first-order chi connectivity index (χ1) is 15.4. The average molecular weight is 470 g/mol. The van der Waals surface area contributed by atoms with E-state index < -0.39 is 15.8 Å². The standard InChI is InChI=1S/C22H17ClFN5O2S/c23-19-7-1-5-17(12-19)15-29-26-22(25-28-29)18-6-3-9-21(14-18)27-32(30,31)11-10-16-4-2-8-20(24)13-16/h1-14,27H,15H2/b11-10+. The zero-order chi connectivity index (χ0) is 22.6. The van der Waals surface area contributed by atoms with Crippen LogP contribution in [0.4, 0.5) is 10.1 Å². The van der Waals surface area contributed by atoms with Crippen LogP contribution in [-0.4, -0.2) is 28.6 Å². The second kappa shape index (κ2) is 9.29. The van der Waals surface area contributed by atoms with Crippen LogP contribution in [0.2, 0.25) is 5.02 Å². The van der Waals surface area contributed by atoms with Crippen LogP contribution in [0.5, 0.6) is 0 Å². The molecule has 0 atom stereocenters. The monoisotopic (exact) mass is 469 g/mol. The molecule has 10 heteroatoms. The molecule has 1 heterocycles. The quantitative estimate of drug-likeness (QED) is 0.427. The minimum atomic E-state index is -3.81. The summed E-state index contributed by atoms with van der Waals surface area (Å²) >= 11 is 6.00. The third-order valence-corrected chi connectivity index (χ3v) is 5.58. The van der Waals surface area contributed by atoms with Crippen molar-refractivity contribution in [1.82, 2.24) is 20.2 Å². The minimum Gasteiger partial charge on any atom is -0.280 e. The average Bonchev–Trinajstić information content (AvgIpc) is 3.21. The van der Waals surface area contributed by atoms with E-state index in [9.17, 15) is 12.8 Å². The number of anilines is 1. The molecule has 4 rings (SSSR count). The van der Waals surface area contributed by atoms with Crippen molar-refractivity contribution in [3.63, 3.8) is 0 Å². The van der Waals surface area contributed by atoms with E-state index >= 15 is 0 Å². The lowest BCUT2D eigenvalue weighted by Crippen LogP contribution is -2.08. The van der Waals surface area contributed by atoms with Crippen molar-refractivity contribution in [2.24, 2.45) is 0 Å². The lowest BCUT2D eigenvalue weighted by Gasteiger charge is -2.05. The molecule has 0 fully saturated rings. The molecule has 0 unspecified atom stereocenters. The van der Waals surface area contributed by atoms with Crippen molar-refractivity contribution in [2.75, 3.05) is 4.72 Å². The van der Waals surface area contributed by atoms with E-state index in [1.165, 1.54) is 29.1 Å². The fraction of sp³-hybridized carbons (Fsp3) is 0.0455. The first-order valence-electron chi connectivity index (χ1n) is 9.45. The number of benzene rings is 3. The Kier molecular flexibility index (Phi) is 6.29. The molecule has 1 aromatic heterocycles. The molecule has 0 amide bonds. The Bertz CT molecular complexity index is 1390. The smallest absolute Gasteiger partial charge is 0.255 e. The van der Waals surface area contributed by atoms with Crippen LogP contribution >= 0.6 is 11.6 Å². The molecule has 1 N–H and O–H groups in total. The van der Waals surface area contributed by atoms with Gasteiger partial charge in [-0.2, -0.15) is 4.80 Å². The van der Waals surface area contributed by atoms with Crippen LogP contribution in [0.1, 0.15) is 11.1 Å². The number of tetrazole rings is 1. The minimum absolute atomic E-state index is 0.331. The Morgan fingerprint density at radius 1 is 1.03 bits per heavy atom. The van der Waals surface area contributed by atoms with Crippen LogP contribution < -0.4 is 4.72 Å². The normalized spacial score (nSPS) is 11.7. The van der Waals surface area contributed by atoms with E-state index in [1.807, 2.05) is 18.2 Å². The van der Waals surface area contributed by atoms with Crippen LogP contribution in [0.15, 0.2) is 78.2 Å². The number of hydrogen-bond acceptors (Lipinski definition) is 5. The Balaban J connectivity index is 1.48. The summed E-state index contributed by atoms with van der Waals surface area (Å²) in [7, 11) is -3.81. The van der Waals surface area contributed by atoms with E-state index in [1.54, 1.807) is 36.4 Å². The summed E-state index contributed by atoms with van der Waals surface area (Å²) in [6.45, 7) is 0.394. The van der Waals surface area contributed by atoms with Crippen molar-refractivity contribution in [2.45, 2.75) is 6.54 Å². The Morgan fingerprint density at radius 3 is 2.66 bits per heavy atom. The summed E-state index contributed by atoms with van der Waals surface area (Å²) in [6, 6.07) is 19.6. The van der Waals surface area contributed by atoms with E-state index in [2.05, 4.69) is 20.1 Å². The van der Waals surface area contributed by atoms with Crippen LogP contribution in [0, 0.1) is 5.82 Å². The molecule has 162 valence electrons. The first kappa shape index (κ1) is 21.7. The third-order valence-electron chi connectivity index (χ3n) is 4.34. The highest BCUT2D eigenvalue weighted by Crippen LogP contribution is 2.20. The van der Waals surface area contributed by atoms with Gasteiger partial charge in [0, 0.05) is 16.3 Å². The Morgan fingerprint density at radius 2 is 1.84 bits per heavy atom. The largest absolute Gasteiger partial charge is 0.280 e. The van der Waals surface area contributed by atoms with Gasteiger partial charge in [0.15, 0.2) is 0 Å². The molecule has 0 bridgehead atoms. The number of rotatable bonds is 7. The molecule has 0 aliphatic heterocycles. The summed E-state index contributed by atoms with van der Waals surface area (Å²) in [5, 5.41) is 14.0. The van der Waals surface area contributed by atoms with Crippen molar-refractivity contribution >= 4 is 33.4 Å². The molecule has 3 aromatic carbocycles. The van der Waals surface area contributed by atoms with Gasteiger partial charge in [0.05, 0.1) is 12.0 Å². The van der Waals surface area contributed by atoms with Crippen LogP contribution in [0.25, 0.3) is 17.5 Å². The van der Waals surface area contributed by atoms with E-state index in [-0.39, 0.29) is 0 Å². The number of nitrogens with zero attached hydrogens (tertiary/aromatic N) is 4. The summed E-state index contributed by atoms with van der Waals surface area (Å²) < 4.78 is 40.5. The third kappa shape index (κ3) is 5.77. The lowest BCUT2D eigenvalue weighted by molar-refractivity contribution is 0.573. The molecular weight excluding hydrogens is 453 g/mol. The van der Waals surface area contributed by atoms with Gasteiger partial charge < -0.3 is 0 Å². The molecule has 7 nitrogen and oxygen atoms in total. The number of aromatic nitrogens is 4. The van der Waals surface area contributed by atoms with Gasteiger partial charge in [-0.15, -0.1) is 10.2 Å². The molecular formula is C22H17ClFN5O2S. The zero-order valence-electron chi connectivity index (χ0n) is 16.6. The molecule has 0 spiro atoms. The molecule has 0 saturated carbocycles. The number of halogens is 2. The van der Waals surface area contributed by atoms with Crippen molar-refractivity contribution in [3.05, 3.63) is 100 Å². The Labute approximate surface area is 189 Å². The fourth-order valence-corrected chi connectivity index (χ4v) is 4.00. The molecule has 0 radical (unpaired) electrons. The highest BCUT2D eigenvalue weighted by molar-refractivity contribution is 7.95. The number of nitrogens with one attached hydrogen (secondary N) is 1. The van der Waals surface area contributed by atoms with Crippen LogP contribution in [-0.2, 0) is 16.6 Å². The predicted octanol–water partition coefficient (Wildman–Crippen LogP) is 4.59. The molecule has 32 heavy (non-hydrogen) atoms. The van der Waals surface area contributed by atoms with E-state index in [4.69, 9.17) is 11.6 Å². The second-order valence-corrected chi connectivity index (χ2v) is 8.86. The predicted molar refractivity (Wildman–Crippen MR) is 122 cm³/mol. The molecule has 4 aromatic rings. The number of sulfonamides is 1.